The van der Waals surface area contributed by atoms with E-state index in [2.05, 4.69) is 16.8 Å². The van der Waals surface area contributed by atoms with E-state index >= 15 is 0 Å². The zero-order chi connectivity index (χ0) is 14.8. The van der Waals surface area contributed by atoms with Gasteiger partial charge >= 0.3 is 0 Å². The number of nitrogens with zero attached hydrogens (tertiary/aromatic N) is 2. The summed E-state index contributed by atoms with van der Waals surface area (Å²) in [6.07, 6.45) is 2.12. The van der Waals surface area contributed by atoms with Crippen LogP contribution in [0.4, 0.5) is 0 Å². The SMILES string of the molecule is CC#Cc1coc2nc(CC)n(-c3ccccc3)c(=O)c12. The van der Waals surface area contributed by atoms with Gasteiger partial charge in [0, 0.05) is 6.42 Å². The van der Waals surface area contributed by atoms with Crippen molar-refractivity contribution in [2.75, 3.05) is 0 Å². The minimum Gasteiger partial charge on any atom is -0.445 e. The van der Waals surface area contributed by atoms with Gasteiger partial charge in [0.15, 0.2) is 0 Å². The third kappa shape index (κ3) is 2.13. The highest BCUT2D eigenvalue weighted by Crippen LogP contribution is 2.18. The smallest absolute Gasteiger partial charge is 0.270 e. The number of aryl methyl sites for hydroxylation is 1. The van der Waals surface area contributed by atoms with Crippen LogP contribution in [0.15, 0.2) is 45.8 Å². The normalized spacial score (nSPS) is 10.4. The van der Waals surface area contributed by atoms with Crippen LogP contribution < -0.4 is 5.56 Å². The molecule has 4 heteroatoms. The molecule has 0 unspecified atom stereocenters. The molecule has 3 rings (SSSR count). The van der Waals surface area contributed by atoms with Gasteiger partial charge in [-0.05, 0) is 19.1 Å². The summed E-state index contributed by atoms with van der Waals surface area (Å²) in [5.41, 5.74) is 1.58. The quantitative estimate of drug-likeness (QED) is 0.677. The van der Waals surface area contributed by atoms with Gasteiger partial charge in [-0.1, -0.05) is 31.0 Å². The van der Waals surface area contributed by atoms with Crippen molar-refractivity contribution in [2.45, 2.75) is 20.3 Å². The molecule has 0 spiro atoms. The van der Waals surface area contributed by atoms with Crippen LogP contribution in [0, 0.1) is 11.8 Å². The molecule has 21 heavy (non-hydrogen) atoms. The zero-order valence-corrected chi connectivity index (χ0v) is 11.9. The van der Waals surface area contributed by atoms with E-state index in [1.165, 1.54) is 6.26 Å². The van der Waals surface area contributed by atoms with Crippen LogP contribution in [-0.2, 0) is 6.42 Å². The predicted molar refractivity (Wildman–Crippen MR) is 81.5 cm³/mol. The molecule has 0 aliphatic rings. The summed E-state index contributed by atoms with van der Waals surface area (Å²) in [5, 5.41) is 0.436. The Balaban J connectivity index is 2.42. The maximum atomic E-state index is 12.9. The first-order valence-electron chi connectivity index (χ1n) is 6.77. The van der Waals surface area contributed by atoms with Gasteiger partial charge in [-0.25, -0.2) is 0 Å². The molecule has 0 atom stereocenters. The summed E-state index contributed by atoms with van der Waals surface area (Å²) in [4.78, 5) is 17.3. The van der Waals surface area contributed by atoms with Crippen molar-refractivity contribution in [3.05, 3.63) is 58.3 Å². The predicted octanol–water partition coefficient (Wildman–Crippen LogP) is 2.91. The van der Waals surface area contributed by atoms with E-state index in [9.17, 15) is 4.79 Å². The lowest BCUT2D eigenvalue weighted by Gasteiger charge is -2.10. The first-order chi connectivity index (χ1) is 10.3. The molecule has 0 N–H and O–H groups in total. The fraction of sp³-hybridized carbons (Fsp3) is 0.176. The molecule has 0 amide bonds. The Labute approximate surface area is 122 Å². The number of rotatable bonds is 2. The van der Waals surface area contributed by atoms with Crippen LogP contribution in [0.3, 0.4) is 0 Å². The Hall–Kier alpha value is -2.80. The van der Waals surface area contributed by atoms with E-state index in [1.54, 1.807) is 11.5 Å². The van der Waals surface area contributed by atoms with Gasteiger partial charge < -0.3 is 4.42 Å². The van der Waals surface area contributed by atoms with Crippen LogP contribution in [0.25, 0.3) is 16.8 Å². The molecule has 0 aliphatic carbocycles. The number of benzene rings is 1. The van der Waals surface area contributed by atoms with Crippen molar-refractivity contribution in [1.82, 2.24) is 9.55 Å². The monoisotopic (exact) mass is 278 g/mol. The van der Waals surface area contributed by atoms with E-state index in [1.807, 2.05) is 37.3 Å². The summed E-state index contributed by atoms with van der Waals surface area (Å²) < 4.78 is 7.01. The highest BCUT2D eigenvalue weighted by atomic mass is 16.3. The maximum absolute atomic E-state index is 12.9. The van der Waals surface area contributed by atoms with E-state index in [0.29, 0.717) is 28.9 Å². The van der Waals surface area contributed by atoms with Crippen molar-refractivity contribution in [3.63, 3.8) is 0 Å². The molecule has 2 aromatic heterocycles. The summed E-state index contributed by atoms with van der Waals surface area (Å²) in [6.45, 7) is 3.69. The summed E-state index contributed by atoms with van der Waals surface area (Å²) in [6, 6.07) is 9.48. The topological polar surface area (TPSA) is 48.0 Å². The molecule has 1 aromatic carbocycles. The van der Waals surface area contributed by atoms with Crippen LogP contribution in [-0.4, -0.2) is 9.55 Å². The van der Waals surface area contributed by atoms with Crippen LogP contribution in [0.5, 0.6) is 0 Å². The van der Waals surface area contributed by atoms with E-state index < -0.39 is 0 Å². The average molecular weight is 278 g/mol. The second-order valence-corrected chi connectivity index (χ2v) is 4.56. The molecule has 0 fully saturated rings. The van der Waals surface area contributed by atoms with Crippen LogP contribution in [0.2, 0.25) is 0 Å². The van der Waals surface area contributed by atoms with Gasteiger partial charge in [-0.3, -0.25) is 9.36 Å². The standard InChI is InChI=1S/C17H14N2O2/c1-3-8-12-11-21-16-15(12)17(20)19(14(4-2)18-16)13-9-6-5-7-10-13/h5-7,9-11H,4H2,1-2H3. The highest BCUT2D eigenvalue weighted by molar-refractivity contribution is 5.80. The Morgan fingerprint density at radius 3 is 2.71 bits per heavy atom. The number of fused-ring (bicyclic) bond motifs is 1. The third-order valence-corrected chi connectivity index (χ3v) is 3.27. The molecule has 0 saturated carbocycles. The number of hydrogen-bond donors (Lipinski definition) is 0. The lowest BCUT2D eigenvalue weighted by atomic mass is 10.2. The van der Waals surface area contributed by atoms with E-state index in [0.717, 1.165) is 5.69 Å². The largest absolute Gasteiger partial charge is 0.445 e. The van der Waals surface area contributed by atoms with Crippen molar-refractivity contribution < 1.29 is 4.42 Å². The Morgan fingerprint density at radius 2 is 2.05 bits per heavy atom. The van der Waals surface area contributed by atoms with Gasteiger partial charge in [0.2, 0.25) is 5.71 Å². The summed E-state index contributed by atoms with van der Waals surface area (Å²) >= 11 is 0. The molecular formula is C17H14N2O2. The van der Waals surface area contributed by atoms with Crippen LogP contribution in [0.1, 0.15) is 25.2 Å². The van der Waals surface area contributed by atoms with Crippen molar-refractivity contribution in [1.29, 1.82) is 0 Å². The molecular weight excluding hydrogens is 264 g/mol. The molecule has 3 aromatic rings. The lowest BCUT2D eigenvalue weighted by molar-refractivity contribution is 0.596. The molecule has 0 aliphatic heterocycles. The Bertz CT molecular complexity index is 909. The number of hydrogen-bond acceptors (Lipinski definition) is 3. The van der Waals surface area contributed by atoms with Crippen molar-refractivity contribution in [2.24, 2.45) is 0 Å². The van der Waals surface area contributed by atoms with Gasteiger partial charge in [0.1, 0.15) is 17.5 Å². The highest BCUT2D eigenvalue weighted by Gasteiger charge is 2.16. The molecule has 4 nitrogen and oxygen atoms in total. The number of aromatic nitrogens is 2. The van der Waals surface area contributed by atoms with Crippen molar-refractivity contribution in [3.8, 4) is 17.5 Å². The molecule has 0 radical (unpaired) electrons. The average Bonchev–Trinajstić information content (AvgIpc) is 2.91. The molecule has 104 valence electrons. The first kappa shape index (κ1) is 13.2. The second-order valence-electron chi connectivity index (χ2n) is 4.56. The maximum Gasteiger partial charge on any atom is 0.270 e. The lowest BCUT2D eigenvalue weighted by Crippen LogP contribution is -2.23. The number of para-hydroxylation sites is 1. The summed E-state index contributed by atoms with van der Waals surface area (Å²) in [7, 11) is 0. The van der Waals surface area contributed by atoms with Crippen molar-refractivity contribution >= 4 is 11.1 Å². The van der Waals surface area contributed by atoms with E-state index in [-0.39, 0.29) is 5.56 Å². The second kappa shape index (κ2) is 5.29. The number of furan rings is 1. The van der Waals surface area contributed by atoms with E-state index in [4.69, 9.17) is 4.42 Å². The van der Waals surface area contributed by atoms with Gasteiger partial charge in [0.25, 0.3) is 5.56 Å². The fourth-order valence-electron chi connectivity index (χ4n) is 2.34. The Morgan fingerprint density at radius 1 is 1.29 bits per heavy atom. The zero-order valence-electron chi connectivity index (χ0n) is 11.9. The van der Waals surface area contributed by atoms with Crippen LogP contribution >= 0.6 is 0 Å². The molecule has 2 heterocycles. The molecule has 0 saturated heterocycles. The third-order valence-electron chi connectivity index (χ3n) is 3.27. The van der Waals surface area contributed by atoms with Gasteiger partial charge in [-0.2, -0.15) is 4.98 Å². The fourth-order valence-corrected chi connectivity index (χ4v) is 2.34. The minimum absolute atomic E-state index is 0.144. The first-order valence-corrected chi connectivity index (χ1v) is 6.77. The molecule has 0 bridgehead atoms. The Kier molecular flexibility index (Phi) is 3.33. The van der Waals surface area contributed by atoms with Gasteiger partial charge in [0.05, 0.1) is 11.3 Å². The van der Waals surface area contributed by atoms with Gasteiger partial charge in [-0.15, -0.1) is 5.92 Å². The summed E-state index contributed by atoms with van der Waals surface area (Å²) in [5.74, 6) is 6.35. The minimum atomic E-state index is -0.144.